The van der Waals surface area contributed by atoms with Crippen molar-refractivity contribution in [1.29, 1.82) is 0 Å². The average Bonchev–Trinajstić information content (AvgIpc) is 2.43. The van der Waals surface area contributed by atoms with E-state index in [0.29, 0.717) is 15.7 Å². The fourth-order valence-corrected chi connectivity index (χ4v) is 2.03. The Kier molecular flexibility index (Phi) is 4.59. The van der Waals surface area contributed by atoms with Crippen LogP contribution in [0, 0.1) is 5.82 Å². The fraction of sp³-hybridized carbons (Fsp3) is 0. The van der Waals surface area contributed by atoms with Gasteiger partial charge in [-0.2, -0.15) is 0 Å². The molecule has 2 aromatic carbocycles. The molecule has 0 saturated heterocycles. The van der Waals surface area contributed by atoms with Crippen LogP contribution in [0.1, 0.15) is 5.56 Å². The highest BCUT2D eigenvalue weighted by atomic mass is 79.9. The first kappa shape index (κ1) is 15.1. The lowest BCUT2D eigenvalue weighted by atomic mass is 10.2. The van der Waals surface area contributed by atoms with E-state index in [2.05, 4.69) is 21.2 Å². The minimum atomic E-state index is -0.408. The molecule has 3 N–H and O–H groups in total. The highest BCUT2D eigenvalue weighted by Crippen LogP contribution is 2.25. The van der Waals surface area contributed by atoms with Gasteiger partial charge in [0.25, 0.3) is 0 Å². The van der Waals surface area contributed by atoms with Gasteiger partial charge < -0.3 is 15.5 Å². The Bertz CT molecular complexity index is 716. The Morgan fingerprint density at radius 1 is 1.14 bits per heavy atom. The van der Waals surface area contributed by atoms with Gasteiger partial charge in [0.15, 0.2) is 11.5 Å². The Morgan fingerprint density at radius 2 is 1.90 bits per heavy atom. The van der Waals surface area contributed by atoms with Gasteiger partial charge in [0.05, 0.1) is 5.69 Å². The van der Waals surface area contributed by atoms with Crippen LogP contribution in [-0.4, -0.2) is 16.1 Å². The zero-order valence-electron chi connectivity index (χ0n) is 10.7. The predicted octanol–water partition coefficient (Wildman–Crippen LogP) is 3.65. The van der Waals surface area contributed by atoms with E-state index in [9.17, 15) is 19.4 Å². The molecular weight excluding hydrogens is 341 g/mol. The van der Waals surface area contributed by atoms with E-state index < -0.39 is 11.7 Å². The van der Waals surface area contributed by atoms with Crippen LogP contribution < -0.4 is 5.32 Å². The molecule has 0 bridgehead atoms. The number of carbonyl (C=O) groups is 1. The molecule has 0 aromatic heterocycles. The minimum Gasteiger partial charge on any atom is -0.504 e. The maximum atomic E-state index is 12.9. The Morgan fingerprint density at radius 3 is 2.57 bits per heavy atom. The van der Waals surface area contributed by atoms with Crippen LogP contribution in [0.4, 0.5) is 10.1 Å². The molecule has 0 radical (unpaired) electrons. The summed E-state index contributed by atoms with van der Waals surface area (Å²) in [6, 6.07) is 8.13. The zero-order chi connectivity index (χ0) is 15.4. The monoisotopic (exact) mass is 351 g/mol. The van der Waals surface area contributed by atoms with Crippen LogP contribution in [0.15, 0.2) is 46.9 Å². The number of amides is 1. The van der Waals surface area contributed by atoms with E-state index in [1.807, 2.05) is 0 Å². The van der Waals surface area contributed by atoms with Crippen molar-refractivity contribution in [3.05, 3.63) is 58.3 Å². The number of carbonyl (C=O) groups excluding carboxylic acids is 1. The van der Waals surface area contributed by atoms with Crippen molar-refractivity contribution in [1.82, 2.24) is 0 Å². The third-order valence-corrected chi connectivity index (χ3v) is 3.27. The fourth-order valence-electron chi connectivity index (χ4n) is 1.58. The number of nitrogens with one attached hydrogen (secondary N) is 1. The summed E-state index contributed by atoms with van der Waals surface area (Å²) in [7, 11) is 0. The molecule has 2 rings (SSSR count). The predicted molar refractivity (Wildman–Crippen MR) is 81.5 cm³/mol. The molecule has 0 fully saturated rings. The van der Waals surface area contributed by atoms with Crippen molar-refractivity contribution in [3.8, 4) is 11.5 Å². The second-order valence-corrected chi connectivity index (χ2v) is 5.05. The second kappa shape index (κ2) is 6.41. The van der Waals surface area contributed by atoms with Gasteiger partial charge in [-0.15, -0.1) is 0 Å². The van der Waals surface area contributed by atoms with Crippen LogP contribution in [0.3, 0.4) is 0 Å². The first-order valence-corrected chi connectivity index (χ1v) is 6.71. The summed E-state index contributed by atoms with van der Waals surface area (Å²) >= 11 is 3.15. The summed E-state index contributed by atoms with van der Waals surface area (Å²) in [5.41, 5.74) is 0.998. The molecule has 0 unspecified atom stereocenters. The summed E-state index contributed by atoms with van der Waals surface area (Å²) in [6.45, 7) is 0. The van der Waals surface area contributed by atoms with Gasteiger partial charge in [-0.25, -0.2) is 4.39 Å². The number of aromatic hydroxyl groups is 2. The van der Waals surface area contributed by atoms with Crippen molar-refractivity contribution in [2.45, 2.75) is 0 Å². The standard InChI is InChI=1S/C15H11BrFNO3/c16-11-8-10(17)3-4-12(11)18-15(21)6-2-9-1-5-13(19)14(20)7-9/h1-8,19-20H,(H,18,21). The molecule has 0 atom stereocenters. The van der Waals surface area contributed by atoms with Crippen LogP contribution in [-0.2, 0) is 4.79 Å². The van der Waals surface area contributed by atoms with Crippen molar-refractivity contribution in [2.75, 3.05) is 5.32 Å². The molecule has 0 heterocycles. The topological polar surface area (TPSA) is 69.6 Å². The Balaban J connectivity index is 2.07. The number of benzene rings is 2. The third-order valence-electron chi connectivity index (χ3n) is 2.62. The minimum absolute atomic E-state index is 0.230. The van der Waals surface area contributed by atoms with E-state index >= 15 is 0 Å². The molecule has 21 heavy (non-hydrogen) atoms. The first-order chi connectivity index (χ1) is 9.95. The summed E-state index contributed by atoms with van der Waals surface area (Å²) in [6.07, 6.45) is 2.74. The Labute approximate surface area is 128 Å². The lowest BCUT2D eigenvalue weighted by molar-refractivity contribution is -0.111. The highest BCUT2D eigenvalue weighted by Gasteiger charge is 2.04. The molecule has 0 aliphatic carbocycles. The molecular formula is C15H11BrFNO3. The first-order valence-electron chi connectivity index (χ1n) is 5.92. The van der Waals surface area contributed by atoms with E-state index in [1.54, 1.807) is 6.07 Å². The van der Waals surface area contributed by atoms with Crippen LogP contribution in [0.5, 0.6) is 11.5 Å². The van der Waals surface area contributed by atoms with Gasteiger partial charge in [-0.1, -0.05) is 6.07 Å². The van der Waals surface area contributed by atoms with Gasteiger partial charge in [-0.3, -0.25) is 4.79 Å². The summed E-state index contributed by atoms with van der Waals surface area (Å²) in [5.74, 6) is -1.31. The van der Waals surface area contributed by atoms with Crippen molar-refractivity contribution in [3.63, 3.8) is 0 Å². The molecule has 4 nitrogen and oxygen atoms in total. The number of phenolic OH excluding ortho intramolecular Hbond substituents is 2. The Hall–Kier alpha value is -2.34. The largest absolute Gasteiger partial charge is 0.504 e. The van der Waals surface area contributed by atoms with Crippen LogP contribution in [0.2, 0.25) is 0 Å². The van der Waals surface area contributed by atoms with Crippen LogP contribution >= 0.6 is 15.9 Å². The quantitative estimate of drug-likeness (QED) is 0.583. The molecule has 0 aliphatic rings. The van der Waals surface area contributed by atoms with E-state index in [4.69, 9.17) is 0 Å². The maximum absolute atomic E-state index is 12.9. The number of phenols is 2. The second-order valence-electron chi connectivity index (χ2n) is 4.19. The lowest BCUT2D eigenvalue weighted by Gasteiger charge is -2.05. The number of anilines is 1. The lowest BCUT2D eigenvalue weighted by Crippen LogP contribution is -2.08. The highest BCUT2D eigenvalue weighted by molar-refractivity contribution is 9.10. The summed E-state index contributed by atoms with van der Waals surface area (Å²) in [5, 5.41) is 21.1. The smallest absolute Gasteiger partial charge is 0.248 e. The summed E-state index contributed by atoms with van der Waals surface area (Å²) < 4.78 is 13.4. The van der Waals surface area contributed by atoms with Gasteiger partial charge >= 0.3 is 0 Å². The molecule has 1 amide bonds. The van der Waals surface area contributed by atoms with Gasteiger partial charge in [0.1, 0.15) is 5.82 Å². The van der Waals surface area contributed by atoms with E-state index in [1.165, 1.54) is 42.5 Å². The molecule has 6 heteroatoms. The molecule has 108 valence electrons. The average molecular weight is 352 g/mol. The van der Waals surface area contributed by atoms with Crippen molar-refractivity contribution < 1.29 is 19.4 Å². The summed E-state index contributed by atoms with van der Waals surface area (Å²) in [4.78, 5) is 11.8. The molecule has 2 aromatic rings. The van der Waals surface area contributed by atoms with Crippen molar-refractivity contribution >= 4 is 33.6 Å². The van der Waals surface area contributed by atoms with Gasteiger partial charge in [0, 0.05) is 10.5 Å². The molecule has 0 aliphatic heterocycles. The van der Waals surface area contributed by atoms with E-state index in [-0.39, 0.29) is 11.5 Å². The van der Waals surface area contributed by atoms with Crippen molar-refractivity contribution in [2.24, 2.45) is 0 Å². The molecule has 0 spiro atoms. The van der Waals surface area contributed by atoms with Gasteiger partial charge in [0.2, 0.25) is 5.91 Å². The number of hydrogen-bond acceptors (Lipinski definition) is 3. The maximum Gasteiger partial charge on any atom is 0.248 e. The number of halogens is 2. The third kappa shape index (κ3) is 4.06. The van der Waals surface area contributed by atoms with Crippen LogP contribution in [0.25, 0.3) is 6.08 Å². The van der Waals surface area contributed by atoms with E-state index in [0.717, 1.165) is 0 Å². The number of rotatable bonds is 3. The zero-order valence-corrected chi connectivity index (χ0v) is 12.3. The SMILES string of the molecule is O=C(C=Cc1ccc(O)c(O)c1)Nc1ccc(F)cc1Br. The van der Waals surface area contributed by atoms with Gasteiger partial charge in [-0.05, 0) is 57.9 Å². The molecule has 0 saturated carbocycles. The number of hydrogen-bond donors (Lipinski definition) is 3. The normalized spacial score (nSPS) is 10.8.